The third kappa shape index (κ3) is 1.28. The van der Waals surface area contributed by atoms with Crippen LogP contribution in [0.25, 0.3) is 0 Å². The van der Waals surface area contributed by atoms with E-state index in [1.165, 1.54) is 0 Å². The van der Waals surface area contributed by atoms with E-state index in [0.717, 1.165) is 11.1 Å². The fraction of sp³-hybridized carbons (Fsp3) is 0.200. The van der Waals surface area contributed by atoms with E-state index in [0.29, 0.717) is 11.1 Å². The average Bonchev–Trinajstić information content (AvgIpc) is 2.03. The van der Waals surface area contributed by atoms with Crippen molar-refractivity contribution >= 4 is 0 Å². The third-order valence-corrected chi connectivity index (χ3v) is 1.71. The number of hydrogen-bond donors (Lipinski definition) is 0. The number of nitriles is 2. The number of nitrogens with zero attached hydrogens (tertiary/aromatic N) is 2. The van der Waals surface area contributed by atoms with Crippen LogP contribution in [0.3, 0.4) is 0 Å². The number of rotatable bonds is 0. The molecule has 0 atom stereocenters. The van der Waals surface area contributed by atoms with Crippen molar-refractivity contribution in [3.8, 4) is 12.1 Å². The van der Waals surface area contributed by atoms with Crippen LogP contribution in [0.15, 0.2) is 12.1 Å². The molecule has 2 nitrogen and oxygen atoms in total. The topological polar surface area (TPSA) is 47.6 Å². The van der Waals surface area contributed by atoms with Crippen LogP contribution in [0.5, 0.6) is 0 Å². The Labute approximate surface area is 71.7 Å². The van der Waals surface area contributed by atoms with E-state index < -0.39 is 0 Å². The van der Waals surface area contributed by atoms with Crippen molar-refractivity contribution in [3.63, 3.8) is 0 Å². The Kier molecular flexibility index (Phi) is 2.12. The molecule has 1 rings (SSSR count). The van der Waals surface area contributed by atoms with E-state index >= 15 is 0 Å². The van der Waals surface area contributed by atoms with Gasteiger partial charge in [0.05, 0.1) is 11.1 Å². The highest BCUT2D eigenvalue weighted by Gasteiger charge is 2.04. The van der Waals surface area contributed by atoms with E-state index in [1.807, 2.05) is 32.1 Å². The van der Waals surface area contributed by atoms with Crippen molar-refractivity contribution in [2.75, 3.05) is 0 Å². The summed E-state index contributed by atoms with van der Waals surface area (Å²) in [6.07, 6.45) is 0. The Morgan fingerprint density at radius 3 is 2.25 bits per heavy atom. The van der Waals surface area contributed by atoms with Gasteiger partial charge in [-0.05, 0) is 31.0 Å². The Hall–Kier alpha value is -1.80. The zero-order valence-electron chi connectivity index (χ0n) is 7.05. The van der Waals surface area contributed by atoms with E-state index in [2.05, 4.69) is 0 Å². The standard InChI is InChI=1S/C10H8N2/c1-7-3-8(2)10(6-12)9(4-7)5-11/h3-4H,1-2H3. The molecule has 58 valence electrons. The zero-order valence-corrected chi connectivity index (χ0v) is 7.05. The minimum Gasteiger partial charge on any atom is -0.192 e. The maximum Gasteiger partial charge on any atom is 0.101 e. The molecule has 0 spiro atoms. The molecule has 0 aliphatic heterocycles. The first-order valence-electron chi connectivity index (χ1n) is 3.60. The molecule has 0 bridgehead atoms. The molecule has 0 unspecified atom stereocenters. The molecule has 0 heterocycles. The van der Waals surface area contributed by atoms with Crippen molar-refractivity contribution < 1.29 is 0 Å². The normalized spacial score (nSPS) is 8.67. The molecule has 12 heavy (non-hydrogen) atoms. The summed E-state index contributed by atoms with van der Waals surface area (Å²) in [6, 6.07) is 7.66. The Morgan fingerprint density at radius 1 is 1.08 bits per heavy atom. The van der Waals surface area contributed by atoms with Crippen LogP contribution in [0.4, 0.5) is 0 Å². The van der Waals surface area contributed by atoms with Crippen molar-refractivity contribution in [2.24, 2.45) is 0 Å². The average molecular weight is 156 g/mol. The van der Waals surface area contributed by atoms with Gasteiger partial charge < -0.3 is 0 Å². The van der Waals surface area contributed by atoms with E-state index in [-0.39, 0.29) is 0 Å². The van der Waals surface area contributed by atoms with Crippen LogP contribution in [-0.4, -0.2) is 0 Å². The summed E-state index contributed by atoms with van der Waals surface area (Å²) < 4.78 is 0. The van der Waals surface area contributed by atoms with E-state index in [4.69, 9.17) is 10.5 Å². The van der Waals surface area contributed by atoms with Gasteiger partial charge >= 0.3 is 0 Å². The second-order valence-corrected chi connectivity index (χ2v) is 2.73. The van der Waals surface area contributed by atoms with Gasteiger partial charge in [0.2, 0.25) is 0 Å². The predicted molar refractivity (Wildman–Crippen MR) is 45.3 cm³/mol. The lowest BCUT2D eigenvalue weighted by Gasteiger charge is -2.00. The molecule has 1 aromatic rings. The van der Waals surface area contributed by atoms with Crippen molar-refractivity contribution in [1.29, 1.82) is 10.5 Å². The Bertz CT molecular complexity index is 392. The second kappa shape index (κ2) is 3.07. The fourth-order valence-electron chi connectivity index (χ4n) is 1.20. The molecule has 1 aromatic carbocycles. The number of benzene rings is 1. The lowest BCUT2D eigenvalue weighted by atomic mass is 10.0. The van der Waals surface area contributed by atoms with Gasteiger partial charge in [-0.25, -0.2) is 0 Å². The first-order valence-corrected chi connectivity index (χ1v) is 3.60. The monoisotopic (exact) mass is 156 g/mol. The van der Waals surface area contributed by atoms with Gasteiger partial charge in [0.25, 0.3) is 0 Å². The minimum atomic E-state index is 0.468. The van der Waals surface area contributed by atoms with Crippen molar-refractivity contribution in [3.05, 3.63) is 34.4 Å². The van der Waals surface area contributed by atoms with Crippen LogP contribution < -0.4 is 0 Å². The molecule has 0 aromatic heterocycles. The highest BCUT2D eigenvalue weighted by atomic mass is 14.3. The first-order chi connectivity index (χ1) is 5.69. The van der Waals surface area contributed by atoms with Crippen LogP contribution in [0, 0.1) is 36.5 Å². The largest absolute Gasteiger partial charge is 0.192 e. The minimum absolute atomic E-state index is 0.468. The molecule has 0 aliphatic rings. The molecule has 0 aliphatic carbocycles. The quantitative estimate of drug-likeness (QED) is 0.577. The second-order valence-electron chi connectivity index (χ2n) is 2.73. The molecule has 0 saturated heterocycles. The van der Waals surface area contributed by atoms with Gasteiger partial charge in [-0.2, -0.15) is 10.5 Å². The maximum absolute atomic E-state index is 8.72. The molecule has 0 saturated carbocycles. The molecule has 0 fully saturated rings. The fourth-order valence-corrected chi connectivity index (χ4v) is 1.20. The van der Waals surface area contributed by atoms with Crippen LogP contribution in [0.1, 0.15) is 22.3 Å². The van der Waals surface area contributed by atoms with Gasteiger partial charge in [0.1, 0.15) is 12.1 Å². The molecule has 2 heteroatoms. The van der Waals surface area contributed by atoms with Crippen molar-refractivity contribution in [2.45, 2.75) is 13.8 Å². The summed E-state index contributed by atoms with van der Waals surface area (Å²) >= 11 is 0. The molecule has 0 radical (unpaired) electrons. The summed E-state index contributed by atoms with van der Waals surface area (Å²) in [5.41, 5.74) is 2.84. The van der Waals surface area contributed by atoms with Crippen LogP contribution in [0.2, 0.25) is 0 Å². The molecular formula is C10H8N2. The lowest BCUT2D eigenvalue weighted by molar-refractivity contribution is 1.31. The Balaban J connectivity index is 3.50. The van der Waals surface area contributed by atoms with Crippen LogP contribution >= 0.6 is 0 Å². The summed E-state index contributed by atoms with van der Waals surface area (Å²) in [5.74, 6) is 0. The summed E-state index contributed by atoms with van der Waals surface area (Å²) in [4.78, 5) is 0. The molecular weight excluding hydrogens is 148 g/mol. The van der Waals surface area contributed by atoms with E-state index in [9.17, 15) is 0 Å². The summed E-state index contributed by atoms with van der Waals surface area (Å²) in [5, 5.41) is 17.4. The third-order valence-electron chi connectivity index (χ3n) is 1.71. The highest BCUT2D eigenvalue weighted by molar-refractivity contribution is 5.51. The molecule has 0 N–H and O–H groups in total. The Morgan fingerprint density at radius 2 is 1.75 bits per heavy atom. The van der Waals surface area contributed by atoms with Gasteiger partial charge in [0.15, 0.2) is 0 Å². The predicted octanol–water partition coefficient (Wildman–Crippen LogP) is 2.05. The van der Waals surface area contributed by atoms with Gasteiger partial charge in [-0.3, -0.25) is 0 Å². The van der Waals surface area contributed by atoms with Crippen molar-refractivity contribution in [1.82, 2.24) is 0 Å². The lowest BCUT2D eigenvalue weighted by Crippen LogP contribution is -1.89. The SMILES string of the molecule is Cc1cc(C)c(C#N)c(C#N)c1. The first kappa shape index (κ1) is 8.30. The van der Waals surface area contributed by atoms with Gasteiger partial charge in [0, 0.05) is 0 Å². The number of hydrogen-bond acceptors (Lipinski definition) is 2. The smallest absolute Gasteiger partial charge is 0.101 e. The summed E-state index contributed by atoms with van der Waals surface area (Å²) in [7, 11) is 0. The maximum atomic E-state index is 8.72. The zero-order chi connectivity index (χ0) is 9.14. The van der Waals surface area contributed by atoms with Crippen LogP contribution in [-0.2, 0) is 0 Å². The number of aryl methyl sites for hydroxylation is 2. The molecule has 0 amide bonds. The highest BCUT2D eigenvalue weighted by Crippen LogP contribution is 2.14. The van der Waals surface area contributed by atoms with Gasteiger partial charge in [-0.1, -0.05) is 6.07 Å². The summed E-state index contributed by atoms with van der Waals surface area (Å²) in [6.45, 7) is 3.75. The van der Waals surface area contributed by atoms with Gasteiger partial charge in [-0.15, -0.1) is 0 Å². The van der Waals surface area contributed by atoms with E-state index in [1.54, 1.807) is 6.07 Å².